The molecule has 4 aromatic rings. The molecule has 0 aliphatic carbocycles. The zero-order chi connectivity index (χ0) is 24.9. The first kappa shape index (κ1) is 23.6. The lowest BCUT2D eigenvalue weighted by Crippen LogP contribution is -2.39. The van der Waals surface area contributed by atoms with Crippen molar-refractivity contribution in [3.63, 3.8) is 0 Å². The van der Waals surface area contributed by atoms with Gasteiger partial charge in [0, 0.05) is 10.9 Å². The second kappa shape index (κ2) is 10.7. The first-order valence-corrected chi connectivity index (χ1v) is 11.9. The Balaban J connectivity index is 1.37. The molecule has 1 aliphatic heterocycles. The number of aromatic nitrogens is 1. The Morgan fingerprint density at radius 3 is 2.61 bits per heavy atom. The molecule has 0 radical (unpaired) electrons. The van der Waals surface area contributed by atoms with Crippen molar-refractivity contribution in [2.75, 3.05) is 27.2 Å². The third kappa shape index (κ3) is 5.58. The molecule has 0 N–H and O–H groups in total. The topological polar surface area (TPSA) is 70.1 Å². The summed E-state index contributed by atoms with van der Waals surface area (Å²) in [5.41, 5.74) is 2.45. The van der Waals surface area contributed by atoms with Gasteiger partial charge in [-0.1, -0.05) is 42.5 Å². The zero-order valence-corrected chi connectivity index (χ0v) is 20.3. The van der Waals surface area contributed by atoms with E-state index in [4.69, 9.17) is 18.9 Å². The predicted molar refractivity (Wildman–Crippen MR) is 136 cm³/mol. The van der Waals surface area contributed by atoms with Gasteiger partial charge in [-0.05, 0) is 56.6 Å². The van der Waals surface area contributed by atoms with Crippen LogP contribution in [-0.4, -0.2) is 49.2 Å². The van der Waals surface area contributed by atoms with E-state index in [1.807, 2.05) is 99.0 Å². The lowest BCUT2D eigenvalue weighted by molar-refractivity contribution is -0.157. The van der Waals surface area contributed by atoms with E-state index in [1.165, 1.54) is 0 Å². The SMILES string of the molecule is CN(C)CC(=O)O[C@H]1c2cc(OCc3ccc4ccccc4n3)ccc2OC[C@H]1Oc1ccccc1. The molecule has 3 aromatic carbocycles. The minimum atomic E-state index is -0.649. The number of carbonyl (C=O) groups is 1. The van der Waals surface area contributed by atoms with Crippen molar-refractivity contribution >= 4 is 16.9 Å². The summed E-state index contributed by atoms with van der Waals surface area (Å²) in [6.07, 6.45) is -1.16. The van der Waals surface area contributed by atoms with Gasteiger partial charge >= 0.3 is 5.97 Å². The molecule has 0 saturated heterocycles. The minimum Gasteiger partial charge on any atom is -0.489 e. The second-order valence-corrected chi connectivity index (χ2v) is 8.91. The summed E-state index contributed by atoms with van der Waals surface area (Å²) in [5.74, 6) is 1.60. The molecular formula is C29H28N2O5. The number of carbonyl (C=O) groups excluding carboxylic acids is 1. The molecule has 36 heavy (non-hydrogen) atoms. The van der Waals surface area contributed by atoms with Crippen LogP contribution in [0.2, 0.25) is 0 Å². The highest BCUT2D eigenvalue weighted by molar-refractivity contribution is 5.78. The number of likely N-dealkylation sites (N-methyl/N-ethyl adjacent to an activating group) is 1. The number of esters is 1. The van der Waals surface area contributed by atoms with Gasteiger partial charge in [-0.15, -0.1) is 0 Å². The fraction of sp³-hybridized carbons (Fsp3) is 0.241. The summed E-state index contributed by atoms with van der Waals surface area (Å²) in [7, 11) is 3.65. The van der Waals surface area contributed by atoms with Gasteiger partial charge in [0.25, 0.3) is 0 Å². The van der Waals surface area contributed by atoms with Gasteiger partial charge in [0.15, 0.2) is 12.2 Å². The maximum Gasteiger partial charge on any atom is 0.320 e. The fourth-order valence-electron chi connectivity index (χ4n) is 4.12. The normalized spacial score (nSPS) is 16.8. The van der Waals surface area contributed by atoms with Crippen molar-refractivity contribution < 1.29 is 23.7 Å². The van der Waals surface area contributed by atoms with Gasteiger partial charge in [0.1, 0.15) is 30.5 Å². The maximum atomic E-state index is 12.6. The maximum absolute atomic E-state index is 12.6. The van der Waals surface area contributed by atoms with Crippen LogP contribution in [0.25, 0.3) is 10.9 Å². The summed E-state index contributed by atoms with van der Waals surface area (Å²) in [4.78, 5) is 19.1. The van der Waals surface area contributed by atoms with E-state index < -0.39 is 12.2 Å². The third-order valence-corrected chi connectivity index (χ3v) is 5.81. The summed E-state index contributed by atoms with van der Waals surface area (Å²) in [6, 6.07) is 26.9. The van der Waals surface area contributed by atoms with Crippen LogP contribution in [0.5, 0.6) is 17.2 Å². The van der Waals surface area contributed by atoms with Crippen LogP contribution < -0.4 is 14.2 Å². The molecule has 1 aromatic heterocycles. The largest absolute Gasteiger partial charge is 0.489 e. The summed E-state index contributed by atoms with van der Waals surface area (Å²) in [5, 5.41) is 1.08. The third-order valence-electron chi connectivity index (χ3n) is 5.81. The Morgan fingerprint density at radius 2 is 1.78 bits per heavy atom. The molecule has 2 heterocycles. The van der Waals surface area contributed by atoms with E-state index in [9.17, 15) is 4.79 Å². The molecule has 0 saturated carbocycles. The molecule has 0 unspecified atom stereocenters. The molecule has 0 bridgehead atoms. The van der Waals surface area contributed by atoms with Gasteiger partial charge in [-0.25, -0.2) is 4.98 Å². The van der Waals surface area contributed by atoms with Crippen molar-refractivity contribution in [1.82, 2.24) is 9.88 Å². The van der Waals surface area contributed by atoms with Gasteiger partial charge in [0.05, 0.1) is 17.8 Å². The number of pyridine rings is 1. The van der Waals surface area contributed by atoms with Gasteiger partial charge in [-0.3, -0.25) is 9.69 Å². The molecule has 0 amide bonds. The number of ether oxygens (including phenoxy) is 4. The Kier molecular flexibility index (Phi) is 7.00. The zero-order valence-electron chi connectivity index (χ0n) is 20.3. The number of nitrogens with zero attached hydrogens (tertiary/aromatic N) is 2. The molecule has 7 heteroatoms. The van der Waals surface area contributed by atoms with Gasteiger partial charge in [0.2, 0.25) is 0 Å². The lowest BCUT2D eigenvalue weighted by atomic mass is 10.00. The second-order valence-electron chi connectivity index (χ2n) is 8.91. The summed E-state index contributed by atoms with van der Waals surface area (Å²) >= 11 is 0. The van der Waals surface area contributed by atoms with E-state index in [1.54, 1.807) is 4.90 Å². The van der Waals surface area contributed by atoms with Crippen molar-refractivity contribution in [2.45, 2.75) is 18.8 Å². The standard InChI is InChI=1S/C29H28N2O5/c1-31(2)17-28(32)36-29-24-16-23(33-18-21-13-12-20-8-6-7-11-25(20)30-21)14-15-26(24)34-19-27(29)35-22-9-4-3-5-10-22/h3-16,27,29H,17-19H2,1-2H3/t27-,29+/m1/s1. The number of benzene rings is 3. The first-order valence-electron chi connectivity index (χ1n) is 11.9. The van der Waals surface area contributed by atoms with E-state index in [0.717, 1.165) is 16.6 Å². The molecule has 5 rings (SSSR count). The molecule has 184 valence electrons. The average molecular weight is 485 g/mol. The van der Waals surface area contributed by atoms with Crippen LogP contribution >= 0.6 is 0 Å². The van der Waals surface area contributed by atoms with Crippen LogP contribution in [0.1, 0.15) is 17.4 Å². The predicted octanol–water partition coefficient (Wildman–Crippen LogP) is 4.80. The fourth-order valence-corrected chi connectivity index (χ4v) is 4.12. The van der Waals surface area contributed by atoms with E-state index in [-0.39, 0.29) is 19.1 Å². The summed E-state index contributed by atoms with van der Waals surface area (Å²) in [6.45, 7) is 0.719. The first-order chi connectivity index (χ1) is 17.5. The van der Waals surface area contributed by atoms with Crippen LogP contribution in [0, 0.1) is 0 Å². The van der Waals surface area contributed by atoms with Gasteiger partial charge < -0.3 is 18.9 Å². The van der Waals surface area contributed by atoms with Gasteiger partial charge in [-0.2, -0.15) is 0 Å². The Hall–Kier alpha value is -4.10. The Bertz CT molecular complexity index is 1340. The molecule has 0 fully saturated rings. The lowest BCUT2D eigenvalue weighted by Gasteiger charge is -2.33. The van der Waals surface area contributed by atoms with E-state index >= 15 is 0 Å². The monoisotopic (exact) mass is 484 g/mol. The van der Waals surface area contributed by atoms with E-state index in [2.05, 4.69) is 4.98 Å². The summed E-state index contributed by atoms with van der Waals surface area (Å²) < 4.78 is 24.1. The van der Waals surface area contributed by atoms with Crippen molar-refractivity contribution in [1.29, 1.82) is 0 Å². The Morgan fingerprint density at radius 1 is 0.972 bits per heavy atom. The van der Waals surface area contributed by atoms with Crippen molar-refractivity contribution in [2.24, 2.45) is 0 Å². The molecule has 1 aliphatic rings. The molecule has 2 atom stereocenters. The smallest absolute Gasteiger partial charge is 0.320 e. The van der Waals surface area contributed by atoms with E-state index in [0.29, 0.717) is 29.4 Å². The van der Waals surface area contributed by atoms with Crippen LogP contribution in [0.15, 0.2) is 84.9 Å². The number of rotatable bonds is 8. The van der Waals surface area contributed by atoms with Crippen LogP contribution in [0.4, 0.5) is 0 Å². The molecule has 0 spiro atoms. The molecular weight excluding hydrogens is 456 g/mol. The quantitative estimate of drug-likeness (QED) is 0.333. The minimum absolute atomic E-state index is 0.161. The highest BCUT2D eigenvalue weighted by Gasteiger charge is 2.36. The molecule has 7 nitrogen and oxygen atoms in total. The number of hydrogen-bond acceptors (Lipinski definition) is 7. The highest BCUT2D eigenvalue weighted by atomic mass is 16.6. The number of fused-ring (bicyclic) bond motifs is 2. The Labute approximate surface area is 210 Å². The van der Waals surface area contributed by atoms with Crippen molar-refractivity contribution in [3.05, 3.63) is 96.2 Å². The van der Waals surface area contributed by atoms with Crippen LogP contribution in [0.3, 0.4) is 0 Å². The number of hydrogen-bond donors (Lipinski definition) is 0. The van der Waals surface area contributed by atoms with Crippen LogP contribution in [-0.2, 0) is 16.1 Å². The average Bonchev–Trinajstić information content (AvgIpc) is 2.89. The highest BCUT2D eigenvalue weighted by Crippen LogP contribution is 2.39. The number of para-hydroxylation sites is 2. The van der Waals surface area contributed by atoms with Crippen molar-refractivity contribution in [3.8, 4) is 17.2 Å².